The Morgan fingerprint density at radius 1 is 1.25 bits per heavy atom. The number of hydrogen-bond donors (Lipinski definition) is 1. The van der Waals surface area contributed by atoms with Gasteiger partial charge in [-0.2, -0.15) is 0 Å². The van der Waals surface area contributed by atoms with E-state index >= 15 is 0 Å². The minimum absolute atomic E-state index is 0.474. The zero-order valence-electron chi connectivity index (χ0n) is 12.4. The molecule has 1 aromatic carbocycles. The molecule has 20 heavy (non-hydrogen) atoms. The molecule has 0 aromatic heterocycles. The molecule has 0 unspecified atom stereocenters. The van der Waals surface area contributed by atoms with Crippen molar-refractivity contribution in [1.82, 2.24) is 0 Å². The molecule has 0 saturated carbocycles. The maximum absolute atomic E-state index is 11.8. The molecule has 0 spiro atoms. The Balaban J connectivity index is 3.08. The summed E-state index contributed by atoms with van der Waals surface area (Å²) in [6.45, 7) is 8.87. The van der Waals surface area contributed by atoms with Crippen molar-refractivity contribution in [3.8, 4) is 0 Å². The first-order valence-electron chi connectivity index (χ1n) is 6.31. The average molecular weight is 298 g/mol. The minimum Gasteiger partial charge on any atom is -0.444 e. The van der Waals surface area contributed by atoms with Crippen molar-refractivity contribution < 1.29 is 14.3 Å². The van der Waals surface area contributed by atoms with E-state index in [4.69, 9.17) is 16.3 Å². The van der Waals surface area contributed by atoms with Gasteiger partial charge in [-0.1, -0.05) is 17.7 Å². The molecule has 1 rings (SSSR count). The Morgan fingerprint density at radius 2 is 1.85 bits per heavy atom. The van der Waals surface area contributed by atoms with Crippen LogP contribution in [0.1, 0.15) is 40.2 Å². The Kier molecular flexibility index (Phi) is 4.81. The van der Waals surface area contributed by atoms with Crippen molar-refractivity contribution in [1.29, 1.82) is 0 Å². The Morgan fingerprint density at radius 3 is 2.35 bits per heavy atom. The van der Waals surface area contributed by atoms with Crippen LogP contribution in [-0.4, -0.2) is 18.0 Å². The van der Waals surface area contributed by atoms with Crippen LogP contribution in [0.5, 0.6) is 0 Å². The second kappa shape index (κ2) is 5.83. The number of hydrogen-bond acceptors (Lipinski definition) is 3. The van der Waals surface area contributed by atoms with E-state index in [0.717, 1.165) is 6.29 Å². The van der Waals surface area contributed by atoms with E-state index in [-0.39, 0.29) is 0 Å². The third-order valence-corrected chi connectivity index (χ3v) is 2.84. The Bertz CT molecular complexity index is 518. The lowest BCUT2D eigenvalue weighted by atomic mass is 9.85. The summed E-state index contributed by atoms with van der Waals surface area (Å²) in [6.07, 6.45) is 0.249. The smallest absolute Gasteiger partial charge is 0.412 e. The minimum atomic E-state index is -0.727. The van der Waals surface area contributed by atoms with Crippen LogP contribution in [0.2, 0.25) is 5.02 Å². The highest BCUT2D eigenvalue weighted by molar-refractivity contribution is 6.31. The fourth-order valence-corrected chi connectivity index (χ4v) is 1.83. The van der Waals surface area contributed by atoms with Crippen LogP contribution in [0.15, 0.2) is 18.2 Å². The van der Waals surface area contributed by atoms with Gasteiger partial charge in [-0.15, -0.1) is 0 Å². The van der Waals surface area contributed by atoms with Gasteiger partial charge in [0, 0.05) is 16.1 Å². The van der Waals surface area contributed by atoms with Gasteiger partial charge in [-0.05, 0) is 52.3 Å². The summed E-state index contributed by atoms with van der Waals surface area (Å²) in [6, 6.07) is 5.01. The maximum atomic E-state index is 11.8. The number of rotatable bonds is 3. The van der Waals surface area contributed by atoms with Gasteiger partial charge in [0.1, 0.15) is 11.9 Å². The third-order valence-electron chi connectivity index (χ3n) is 2.61. The summed E-state index contributed by atoms with van der Waals surface area (Å²) in [5.41, 5.74) is -0.163. The monoisotopic (exact) mass is 297 g/mol. The predicted molar refractivity (Wildman–Crippen MR) is 80.4 cm³/mol. The van der Waals surface area contributed by atoms with Crippen molar-refractivity contribution in [2.24, 2.45) is 0 Å². The SMILES string of the molecule is CC(C)(C)OC(=O)Nc1cc(Cl)ccc1C(C)(C)C=O. The van der Waals surface area contributed by atoms with Gasteiger partial charge in [0.2, 0.25) is 0 Å². The summed E-state index contributed by atoms with van der Waals surface area (Å²) >= 11 is 5.95. The standard InChI is InChI=1S/C15H20ClNO3/c1-14(2,3)20-13(19)17-12-8-10(16)6-7-11(12)15(4,5)9-18/h6-9H,1-5H3,(H,17,19). The van der Waals surface area contributed by atoms with Crippen LogP contribution in [0, 0.1) is 0 Å². The van der Waals surface area contributed by atoms with Crippen LogP contribution >= 0.6 is 11.6 Å². The van der Waals surface area contributed by atoms with E-state index < -0.39 is 17.1 Å². The molecule has 4 nitrogen and oxygen atoms in total. The lowest BCUT2D eigenvalue weighted by Gasteiger charge is -2.24. The van der Waals surface area contributed by atoms with Crippen LogP contribution in [0.4, 0.5) is 10.5 Å². The molecule has 0 saturated heterocycles. The Labute approximate surface area is 124 Å². The summed E-state index contributed by atoms with van der Waals surface area (Å²) in [7, 11) is 0. The van der Waals surface area contributed by atoms with Crippen LogP contribution in [0.3, 0.4) is 0 Å². The van der Waals surface area contributed by atoms with Gasteiger partial charge < -0.3 is 9.53 Å². The highest BCUT2D eigenvalue weighted by atomic mass is 35.5. The molecule has 0 bridgehead atoms. The van der Waals surface area contributed by atoms with E-state index in [0.29, 0.717) is 16.3 Å². The first-order chi connectivity index (χ1) is 9.05. The molecule has 0 heterocycles. The molecule has 0 aliphatic carbocycles. The lowest BCUT2D eigenvalue weighted by Crippen LogP contribution is -2.29. The van der Waals surface area contributed by atoms with Gasteiger partial charge in [0.05, 0.1) is 0 Å². The topological polar surface area (TPSA) is 55.4 Å². The molecule has 1 amide bonds. The normalized spacial score (nSPS) is 11.9. The zero-order chi connectivity index (χ0) is 15.6. The highest BCUT2D eigenvalue weighted by Gasteiger charge is 2.25. The Hall–Kier alpha value is -1.55. The largest absolute Gasteiger partial charge is 0.444 e. The first-order valence-corrected chi connectivity index (χ1v) is 6.69. The van der Waals surface area contributed by atoms with Crippen molar-refractivity contribution in [2.45, 2.75) is 45.6 Å². The fourth-order valence-electron chi connectivity index (χ4n) is 1.66. The maximum Gasteiger partial charge on any atom is 0.412 e. The van der Waals surface area contributed by atoms with Crippen LogP contribution in [-0.2, 0) is 14.9 Å². The molecule has 110 valence electrons. The number of halogens is 1. The highest BCUT2D eigenvalue weighted by Crippen LogP contribution is 2.31. The molecule has 0 aliphatic heterocycles. The van der Waals surface area contributed by atoms with E-state index in [1.54, 1.807) is 52.8 Å². The number of amides is 1. The summed E-state index contributed by atoms with van der Waals surface area (Å²) < 4.78 is 5.20. The molecular formula is C15H20ClNO3. The van der Waals surface area contributed by atoms with Crippen molar-refractivity contribution in [2.75, 3.05) is 5.32 Å². The third kappa shape index (κ3) is 4.53. The van der Waals surface area contributed by atoms with E-state index in [9.17, 15) is 9.59 Å². The molecule has 1 aromatic rings. The van der Waals surface area contributed by atoms with Crippen molar-refractivity contribution in [3.63, 3.8) is 0 Å². The van der Waals surface area contributed by atoms with Gasteiger partial charge in [-0.3, -0.25) is 5.32 Å². The fraction of sp³-hybridized carbons (Fsp3) is 0.467. The summed E-state index contributed by atoms with van der Waals surface area (Å²) in [5.74, 6) is 0. The lowest BCUT2D eigenvalue weighted by molar-refractivity contribution is -0.111. The second-order valence-corrected chi connectivity index (χ2v) is 6.59. The van der Waals surface area contributed by atoms with Gasteiger partial charge in [-0.25, -0.2) is 4.79 Å². The first kappa shape index (κ1) is 16.5. The molecule has 0 aliphatic rings. The van der Waals surface area contributed by atoms with Gasteiger partial charge >= 0.3 is 6.09 Å². The van der Waals surface area contributed by atoms with Crippen molar-refractivity contribution >= 4 is 29.7 Å². The van der Waals surface area contributed by atoms with E-state index in [1.807, 2.05) is 0 Å². The molecule has 1 N–H and O–H groups in total. The number of anilines is 1. The number of benzene rings is 1. The van der Waals surface area contributed by atoms with Crippen LogP contribution in [0.25, 0.3) is 0 Å². The number of carbonyl (C=O) groups is 2. The molecule has 0 fully saturated rings. The summed E-state index contributed by atoms with van der Waals surface area (Å²) in [5, 5.41) is 3.12. The average Bonchev–Trinajstić information content (AvgIpc) is 2.25. The quantitative estimate of drug-likeness (QED) is 0.852. The van der Waals surface area contributed by atoms with Crippen LogP contribution < -0.4 is 5.32 Å². The second-order valence-electron chi connectivity index (χ2n) is 6.16. The number of aldehydes is 1. The molecule has 5 heteroatoms. The molecule has 0 radical (unpaired) electrons. The number of carbonyl (C=O) groups excluding carboxylic acids is 2. The predicted octanol–water partition coefficient (Wildman–Crippen LogP) is 4.16. The van der Waals surface area contributed by atoms with Gasteiger partial charge in [0.25, 0.3) is 0 Å². The van der Waals surface area contributed by atoms with E-state index in [1.165, 1.54) is 0 Å². The van der Waals surface area contributed by atoms with Gasteiger partial charge in [0.15, 0.2) is 0 Å². The molecule has 0 atom stereocenters. The number of nitrogens with one attached hydrogen (secondary N) is 1. The van der Waals surface area contributed by atoms with E-state index in [2.05, 4.69) is 5.32 Å². The van der Waals surface area contributed by atoms with Crippen molar-refractivity contribution in [3.05, 3.63) is 28.8 Å². The molecular weight excluding hydrogens is 278 g/mol. The summed E-state index contributed by atoms with van der Waals surface area (Å²) in [4.78, 5) is 23.0. The zero-order valence-corrected chi connectivity index (χ0v) is 13.2. The number of ether oxygens (including phenoxy) is 1.